The van der Waals surface area contributed by atoms with E-state index in [2.05, 4.69) is 27.9 Å². The van der Waals surface area contributed by atoms with Crippen molar-refractivity contribution in [2.75, 3.05) is 26.7 Å². The molecule has 2 N–H and O–H groups in total. The van der Waals surface area contributed by atoms with Gasteiger partial charge in [0.15, 0.2) is 0 Å². The number of rotatable bonds is 3. The van der Waals surface area contributed by atoms with Gasteiger partial charge < -0.3 is 15.3 Å². The Bertz CT molecular complexity index is 463. The zero-order chi connectivity index (χ0) is 13.8. The first kappa shape index (κ1) is 14.6. The van der Waals surface area contributed by atoms with Crippen LogP contribution in [0.2, 0.25) is 0 Å². The van der Waals surface area contributed by atoms with E-state index in [-0.39, 0.29) is 11.7 Å². The summed E-state index contributed by atoms with van der Waals surface area (Å²) in [5.74, 6) is 0.519. The molecule has 19 heavy (non-hydrogen) atoms. The summed E-state index contributed by atoms with van der Waals surface area (Å²) < 4.78 is 0.961. The molecule has 2 rings (SSSR count). The van der Waals surface area contributed by atoms with E-state index in [1.165, 1.54) is 0 Å². The fourth-order valence-electron chi connectivity index (χ4n) is 2.55. The fourth-order valence-corrected chi connectivity index (χ4v) is 3.05. The Morgan fingerprint density at radius 2 is 2.37 bits per heavy atom. The monoisotopic (exact) mass is 374 g/mol. The summed E-state index contributed by atoms with van der Waals surface area (Å²) in [6, 6.07) is 5.14. The van der Waals surface area contributed by atoms with Gasteiger partial charge in [0.1, 0.15) is 5.75 Å². The molecule has 1 atom stereocenters. The van der Waals surface area contributed by atoms with Gasteiger partial charge in [-0.05, 0) is 73.1 Å². The molecule has 1 aliphatic rings. The molecule has 1 aliphatic heterocycles. The zero-order valence-electron chi connectivity index (χ0n) is 11.0. The summed E-state index contributed by atoms with van der Waals surface area (Å²) in [6.07, 6.45) is 2.19. The molecule has 5 heteroatoms. The second-order valence-electron chi connectivity index (χ2n) is 4.98. The third-order valence-corrected chi connectivity index (χ3v) is 4.16. The molecule has 104 valence electrons. The average Bonchev–Trinajstić information content (AvgIpc) is 2.41. The van der Waals surface area contributed by atoms with Crippen LogP contribution >= 0.6 is 22.6 Å². The van der Waals surface area contributed by atoms with Crippen molar-refractivity contribution >= 4 is 28.5 Å². The molecule has 0 radical (unpaired) electrons. The molecule has 1 aromatic carbocycles. The van der Waals surface area contributed by atoms with Crippen LogP contribution in [0, 0.1) is 9.49 Å². The molecule has 0 bridgehead atoms. The third kappa shape index (κ3) is 3.60. The summed E-state index contributed by atoms with van der Waals surface area (Å²) in [5.41, 5.74) is 0.414. The van der Waals surface area contributed by atoms with Crippen LogP contribution in [-0.4, -0.2) is 42.6 Å². The Labute approximate surface area is 127 Å². The van der Waals surface area contributed by atoms with Crippen molar-refractivity contribution in [3.05, 3.63) is 27.3 Å². The highest BCUT2D eigenvalue weighted by Gasteiger charge is 2.25. The van der Waals surface area contributed by atoms with E-state index in [0.29, 0.717) is 11.5 Å². The standard InChI is InChI=1S/C14H19IN2O2/c1-16-8-10-3-2-6-17(9-10)14(19)12-7-11(15)4-5-13(12)18/h4-5,7,10,16,18H,2-3,6,8-9H2,1H3. The number of piperidine rings is 1. The smallest absolute Gasteiger partial charge is 0.257 e. The zero-order valence-corrected chi connectivity index (χ0v) is 13.2. The molecular formula is C14H19IN2O2. The number of benzene rings is 1. The van der Waals surface area contributed by atoms with Gasteiger partial charge in [-0.1, -0.05) is 0 Å². The van der Waals surface area contributed by atoms with Crippen LogP contribution in [0.25, 0.3) is 0 Å². The number of phenols is 1. The van der Waals surface area contributed by atoms with Gasteiger partial charge in [-0.25, -0.2) is 0 Å². The van der Waals surface area contributed by atoms with Crippen molar-refractivity contribution in [2.24, 2.45) is 5.92 Å². The van der Waals surface area contributed by atoms with Gasteiger partial charge in [0.2, 0.25) is 0 Å². The van der Waals surface area contributed by atoms with Gasteiger partial charge in [-0.3, -0.25) is 4.79 Å². The van der Waals surface area contributed by atoms with Crippen LogP contribution in [0.4, 0.5) is 0 Å². The Morgan fingerprint density at radius 1 is 1.58 bits per heavy atom. The van der Waals surface area contributed by atoms with Crippen molar-refractivity contribution < 1.29 is 9.90 Å². The number of halogens is 1. The molecule has 1 saturated heterocycles. The fraction of sp³-hybridized carbons (Fsp3) is 0.500. The van der Waals surface area contributed by atoms with Crippen LogP contribution in [0.15, 0.2) is 18.2 Å². The SMILES string of the molecule is CNCC1CCCN(C(=O)c2cc(I)ccc2O)C1. The number of likely N-dealkylation sites (tertiary alicyclic amines) is 1. The van der Waals surface area contributed by atoms with E-state index in [9.17, 15) is 9.90 Å². The lowest BCUT2D eigenvalue weighted by molar-refractivity contribution is 0.0671. The molecule has 1 unspecified atom stereocenters. The quantitative estimate of drug-likeness (QED) is 0.797. The normalized spacial score (nSPS) is 19.5. The topological polar surface area (TPSA) is 52.6 Å². The molecule has 1 heterocycles. The highest BCUT2D eigenvalue weighted by atomic mass is 127. The highest BCUT2D eigenvalue weighted by Crippen LogP contribution is 2.24. The lowest BCUT2D eigenvalue weighted by Gasteiger charge is -2.33. The third-order valence-electron chi connectivity index (χ3n) is 3.49. The number of amides is 1. The molecular weight excluding hydrogens is 355 g/mol. The maximum Gasteiger partial charge on any atom is 0.257 e. The van der Waals surface area contributed by atoms with Crippen LogP contribution in [-0.2, 0) is 0 Å². The van der Waals surface area contributed by atoms with Gasteiger partial charge in [0, 0.05) is 16.7 Å². The first-order chi connectivity index (χ1) is 9.11. The number of hydrogen-bond acceptors (Lipinski definition) is 3. The molecule has 4 nitrogen and oxygen atoms in total. The maximum absolute atomic E-state index is 12.5. The summed E-state index contributed by atoms with van der Waals surface area (Å²) in [6.45, 7) is 2.48. The number of hydrogen-bond donors (Lipinski definition) is 2. The minimum Gasteiger partial charge on any atom is -0.507 e. The maximum atomic E-state index is 12.5. The second kappa shape index (κ2) is 6.56. The molecule has 0 spiro atoms. The predicted octanol–water partition coefficient (Wildman–Crippen LogP) is 2.07. The van der Waals surface area contributed by atoms with E-state index in [1.807, 2.05) is 11.9 Å². The molecule has 1 aromatic rings. The van der Waals surface area contributed by atoms with Crippen LogP contribution in [0.1, 0.15) is 23.2 Å². The van der Waals surface area contributed by atoms with Crippen LogP contribution in [0.3, 0.4) is 0 Å². The number of phenolic OH excluding ortho intramolecular Hbond substituents is 1. The minimum absolute atomic E-state index is 0.0585. The van der Waals surface area contributed by atoms with E-state index in [0.717, 1.165) is 36.0 Å². The summed E-state index contributed by atoms with van der Waals surface area (Å²) in [5, 5.41) is 13.0. The van der Waals surface area contributed by atoms with Crippen molar-refractivity contribution in [2.45, 2.75) is 12.8 Å². The number of nitrogens with one attached hydrogen (secondary N) is 1. The number of carbonyl (C=O) groups is 1. The van der Waals surface area contributed by atoms with Crippen molar-refractivity contribution in [1.29, 1.82) is 0 Å². The largest absolute Gasteiger partial charge is 0.507 e. The first-order valence-corrected chi connectivity index (χ1v) is 7.62. The predicted molar refractivity (Wildman–Crippen MR) is 83.4 cm³/mol. The van der Waals surface area contributed by atoms with Gasteiger partial charge in [0.25, 0.3) is 5.91 Å². The van der Waals surface area contributed by atoms with Crippen molar-refractivity contribution in [1.82, 2.24) is 10.2 Å². The lowest BCUT2D eigenvalue weighted by atomic mass is 9.97. The lowest BCUT2D eigenvalue weighted by Crippen LogP contribution is -2.42. The first-order valence-electron chi connectivity index (χ1n) is 6.54. The van der Waals surface area contributed by atoms with Gasteiger partial charge in [-0.2, -0.15) is 0 Å². The highest BCUT2D eigenvalue weighted by molar-refractivity contribution is 14.1. The van der Waals surface area contributed by atoms with Crippen LogP contribution < -0.4 is 5.32 Å². The Balaban J connectivity index is 2.12. The number of nitrogens with zero attached hydrogens (tertiary/aromatic N) is 1. The van der Waals surface area contributed by atoms with E-state index in [1.54, 1.807) is 18.2 Å². The molecule has 1 fully saturated rings. The molecule has 0 aromatic heterocycles. The van der Waals surface area contributed by atoms with Crippen LogP contribution in [0.5, 0.6) is 5.75 Å². The van der Waals surface area contributed by atoms with Gasteiger partial charge >= 0.3 is 0 Å². The molecule has 1 amide bonds. The number of aromatic hydroxyl groups is 1. The molecule has 0 saturated carbocycles. The van der Waals surface area contributed by atoms with E-state index < -0.39 is 0 Å². The average molecular weight is 374 g/mol. The Kier molecular flexibility index (Phi) is 5.04. The molecule has 0 aliphatic carbocycles. The second-order valence-corrected chi connectivity index (χ2v) is 6.22. The summed E-state index contributed by atoms with van der Waals surface area (Å²) in [7, 11) is 1.94. The Morgan fingerprint density at radius 3 is 3.11 bits per heavy atom. The van der Waals surface area contributed by atoms with Gasteiger partial charge in [-0.15, -0.1) is 0 Å². The number of carbonyl (C=O) groups excluding carboxylic acids is 1. The van der Waals surface area contributed by atoms with Crippen molar-refractivity contribution in [3.8, 4) is 5.75 Å². The summed E-state index contributed by atoms with van der Waals surface area (Å²) >= 11 is 2.15. The van der Waals surface area contributed by atoms with Gasteiger partial charge in [0.05, 0.1) is 5.56 Å². The van der Waals surface area contributed by atoms with E-state index >= 15 is 0 Å². The minimum atomic E-state index is -0.0585. The summed E-state index contributed by atoms with van der Waals surface area (Å²) in [4.78, 5) is 14.3. The van der Waals surface area contributed by atoms with Crippen molar-refractivity contribution in [3.63, 3.8) is 0 Å². The Hall–Kier alpha value is -0.820. The van der Waals surface area contributed by atoms with E-state index in [4.69, 9.17) is 0 Å².